The molecule has 7 nitrogen and oxygen atoms in total. The van der Waals surface area contributed by atoms with Gasteiger partial charge in [0.05, 0.1) is 12.2 Å². The number of rotatable bonds is 7. The normalized spacial score (nSPS) is 12.0. The number of aromatic amines is 1. The molecule has 0 saturated carbocycles. The van der Waals surface area contributed by atoms with Gasteiger partial charge in [0.1, 0.15) is 10.7 Å². The molecule has 0 aliphatic rings. The summed E-state index contributed by atoms with van der Waals surface area (Å²) in [6.45, 7) is 9.71. The van der Waals surface area contributed by atoms with Crippen LogP contribution in [0.25, 0.3) is 0 Å². The lowest BCUT2D eigenvalue weighted by molar-refractivity contribution is 0.0519. The molecule has 8 heteroatoms. The number of anilines is 1. The van der Waals surface area contributed by atoms with Crippen LogP contribution in [0.3, 0.4) is 0 Å². The molecule has 0 aliphatic heterocycles. The van der Waals surface area contributed by atoms with Crippen molar-refractivity contribution in [3.63, 3.8) is 0 Å². The maximum absolute atomic E-state index is 12.6. The number of carbonyl (C=O) groups is 2. The zero-order chi connectivity index (χ0) is 18.6. The lowest BCUT2D eigenvalue weighted by atomic mass is 10.1. The van der Waals surface area contributed by atoms with Crippen LogP contribution in [0.2, 0.25) is 0 Å². The van der Waals surface area contributed by atoms with Gasteiger partial charge in [-0.05, 0) is 32.8 Å². The number of esters is 1. The number of nitrogens with one attached hydrogen (secondary N) is 2. The molecule has 0 radical (unpaired) electrons. The lowest BCUT2D eigenvalue weighted by Crippen LogP contribution is -2.14. The van der Waals surface area contributed by atoms with E-state index in [1.807, 2.05) is 0 Å². The summed E-state index contributed by atoms with van der Waals surface area (Å²) < 4.78 is 5.01. The van der Waals surface area contributed by atoms with Crippen LogP contribution in [-0.4, -0.2) is 33.7 Å². The number of hydrogen-bond acceptors (Lipinski definition) is 6. The van der Waals surface area contributed by atoms with Crippen molar-refractivity contribution in [2.24, 2.45) is 0 Å². The van der Waals surface area contributed by atoms with Gasteiger partial charge in [0.2, 0.25) is 5.13 Å². The first-order valence-corrected chi connectivity index (χ1v) is 9.21. The minimum Gasteiger partial charge on any atom is -0.461 e. The molecule has 0 bridgehead atoms. The number of H-pyrrole nitrogens is 1. The van der Waals surface area contributed by atoms with Crippen LogP contribution in [0.5, 0.6) is 0 Å². The Morgan fingerprint density at radius 1 is 1.28 bits per heavy atom. The predicted molar refractivity (Wildman–Crippen MR) is 97.4 cm³/mol. The standard InChI is InChI=1S/C17H24N4O3S/c1-6-8-9(3)15-20-21-17(25-15)19-14(22)12-10(4)13(18-11(12)5)16(23)24-7-2/h9,18H,6-8H2,1-5H3,(H,19,21,22). The Labute approximate surface area is 151 Å². The zero-order valence-electron chi connectivity index (χ0n) is 15.2. The van der Waals surface area contributed by atoms with Crippen molar-refractivity contribution in [3.05, 3.63) is 27.5 Å². The van der Waals surface area contributed by atoms with E-state index in [1.165, 1.54) is 11.3 Å². The van der Waals surface area contributed by atoms with E-state index in [1.54, 1.807) is 20.8 Å². The van der Waals surface area contributed by atoms with Crippen LogP contribution in [0.1, 0.15) is 76.6 Å². The van der Waals surface area contributed by atoms with E-state index in [0.717, 1.165) is 17.8 Å². The molecule has 2 heterocycles. The van der Waals surface area contributed by atoms with E-state index in [2.05, 4.69) is 34.3 Å². The van der Waals surface area contributed by atoms with Crippen molar-refractivity contribution in [2.45, 2.75) is 53.4 Å². The Bertz CT molecular complexity index is 766. The molecule has 0 saturated heterocycles. The first-order chi connectivity index (χ1) is 11.9. The molecule has 1 atom stereocenters. The van der Waals surface area contributed by atoms with E-state index in [9.17, 15) is 9.59 Å². The van der Waals surface area contributed by atoms with E-state index < -0.39 is 5.97 Å². The molecule has 1 unspecified atom stereocenters. The number of ether oxygens (including phenoxy) is 1. The fraction of sp³-hybridized carbons (Fsp3) is 0.529. The van der Waals surface area contributed by atoms with E-state index in [4.69, 9.17) is 4.74 Å². The van der Waals surface area contributed by atoms with Crippen molar-refractivity contribution < 1.29 is 14.3 Å². The minimum atomic E-state index is -0.464. The van der Waals surface area contributed by atoms with Crippen molar-refractivity contribution in [1.29, 1.82) is 0 Å². The Kier molecular flexibility index (Phi) is 6.30. The smallest absolute Gasteiger partial charge is 0.355 e. The molecular weight excluding hydrogens is 340 g/mol. The van der Waals surface area contributed by atoms with Gasteiger partial charge in [-0.2, -0.15) is 0 Å². The van der Waals surface area contributed by atoms with Gasteiger partial charge in [-0.1, -0.05) is 31.6 Å². The fourth-order valence-electron chi connectivity index (χ4n) is 2.70. The van der Waals surface area contributed by atoms with E-state index in [0.29, 0.717) is 33.6 Å². The van der Waals surface area contributed by atoms with Crippen molar-refractivity contribution >= 4 is 28.3 Å². The Morgan fingerprint density at radius 2 is 2.00 bits per heavy atom. The summed E-state index contributed by atoms with van der Waals surface area (Å²) in [4.78, 5) is 27.5. The van der Waals surface area contributed by atoms with Crippen LogP contribution in [0, 0.1) is 13.8 Å². The highest BCUT2D eigenvalue weighted by molar-refractivity contribution is 7.15. The van der Waals surface area contributed by atoms with E-state index in [-0.39, 0.29) is 12.5 Å². The molecule has 0 aromatic carbocycles. The molecule has 136 valence electrons. The molecule has 2 rings (SSSR count). The summed E-state index contributed by atoms with van der Waals surface area (Å²) in [6, 6.07) is 0. The Hall–Kier alpha value is -2.22. The molecule has 0 fully saturated rings. The van der Waals surface area contributed by atoms with Gasteiger partial charge in [0, 0.05) is 11.6 Å². The van der Waals surface area contributed by atoms with E-state index >= 15 is 0 Å². The molecule has 0 aliphatic carbocycles. The number of carbonyl (C=O) groups excluding carboxylic acids is 2. The average molecular weight is 364 g/mol. The summed E-state index contributed by atoms with van der Waals surface area (Å²) in [5, 5.41) is 12.3. The Morgan fingerprint density at radius 3 is 2.64 bits per heavy atom. The third-order valence-electron chi connectivity index (χ3n) is 3.95. The predicted octanol–water partition coefficient (Wildman–Crippen LogP) is 3.82. The highest BCUT2D eigenvalue weighted by Gasteiger charge is 2.23. The maximum atomic E-state index is 12.6. The monoisotopic (exact) mass is 364 g/mol. The minimum absolute atomic E-state index is 0.279. The van der Waals surface area contributed by atoms with Crippen LogP contribution >= 0.6 is 11.3 Å². The third-order valence-corrected chi connectivity index (χ3v) is 5.02. The molecule has 2 aromatic heterocycles. The zero-order valence-corrected chi connectivity index (χ0v) is 16.0. The largest absolute Gasteiger partial charge is 0.461 e. The van der Waals surface area contributed by atoms with Crippen LogP contribution in [-0.2, 0) is 4.74 Å². The van der Waals surface area contributed by atoms with Crippen LogP contribution in [0.4, 0.5) is 5.13 Å². The van der Waals surface area contributed by atoms with Gasteiger partial charge >= 0.3 is 5.97 Å². The van der Waals surface area contributed by atoms with Crippen LogP contribution in [0.15, 0.2) is 0 Å². The summed E-state index contributed by atoms with van der Waals surface area (Å²) >= 11 is 1.38. The topological polar surface area (TPSA) is 97.0 Å². The first kappa shape index (κ1) is 19.1. The van der Waals surface area contributed by atoms with Crippen molar-refractivity contribution in [3.8, 4) is 0 Å². The molecule has 1 amide bonds. The third kappa shape index (κ3) is 4.25. The molecule has 0 spiro atoms. The first-order valence-electron chi connectivity index (χ1n) is 8.39. The second-order valence-corrected chi connectivity index (χ2v) is 6.94. The molecule has 2 aromatic rings. The molecular formula is C17H24N4O3S. The second-order valence-electron chi connectivity index (χ2n) is 5.93. The highest BCUT2D eigenvalue weighted by atomic mass is 32.1. The second kappa shape index (κ2) is 8.24. The number of amides is 1. The van der Waals surface area contributed by atoms with Crippen LogP contribution < -0.4 is 5.32 Å². The summed E-state index contributed by atoms with van der Waals surface area (Å²) in [6.07, 6.45) is 2.10. The van der Waals surface area contributed by atoms with Gasteiger partial charge in [0.15, 0.2) is 0 Å². The van der Waals surface area contributed by atoms with Gasteiger partial charge in [-0.25, -0.2) is 4.79 Å². The number of aromatic nitrogens is 3. The van der Waals surface area contributed by atoms with Gasteiger partial charge in [-0.15, -0.1) is 10.2 Å². The molecule has 25 heavy (non-hydrogen) atoms. The number of aryl methyl sites for hydroxylation is 1. The summed E-state index contributed by atoms with van der Waals surface area (Å²) in [7, 11) is 0. The number of hydrogen-bond donors (Lipinski definition) is 2. The quantitative estimate of drug-likeness (QED) is 0.728. The van der Waals surface area contributed by atoms with Crippen molar-refractivity contribution in [1.82, 2.24) is 15.2 Å². The van der Waals surface area contributed by atoms with Gasteiger partial charge in [-0.3, -0.25) is 10.1 Å². The Balaban J connectivity index is 2.17. The number of nitrogens with zero attached hydrogens (tertiary/aromatic N) is 2. The fourth-order valence-corrected chi connectivity index (χ4v) is 3.52. The lowest BCUT2D eigenvalue weighted by Gasteiger charge is -2.04. The van der Waals surface area contributed by atoms with Gasteiger partial charge < -0.3 is 9.72 Å². The summed E-state index contributed by atoms with van der Waals surface area (Å²) in [5.74, 6) is -0.458. The SMILES string of the molecule is CCCC(C)c1nnc(NC(=O)c2c(C)[nH]c(C(=O)OCC)c2C)s1. The molecule has 2 N–H and O–H groups in total. The highest BCUT2D eigenvalue weighted by Crippen LogP contribution is 2.27. The summed E-state index contributed by atoms with van der Waals surface area (Å²) in [5.41, 5.74) is 1.92. The van der Waals surface area contributed by atoms with Crippen molar-refractivity contribution in [2.75, 3.05) is 11.9 Å². The van der Waals surface area contributed by atoms with Gasteiger partial charge in [0.25, 0.3) is 5.91 Å². The average Bonchev–Trinajstić information content (AvgIpc) is 3.12. The maximum Gasteiger partial charge on any atom is 0.355 e.